The summed E-state index contributed by atoms with van der Waals surface area (Å²) in [5, 5.41) is 35.5. The van der Waals surface area contributed by atoms with Crippen LogP contribution in [0, 0.1) is 22.7 Å². The summed E-state index contributed by atoms with van der Waals surface area (Å²) in [6.07, 6.45) is 0. The van der Waals surface area contributed by atoms with Crippen molar-refractivity contribution in [1.82, 2.24) is 0 Å². The molecule has 12 rings (SSSR count). The summed E-state index contributed by atoms with van der Waals surface area (Å²) in [5.74, 6) is 0. The Bertz CT molecular complexity index is 3930. The van der Waals surface area contributed by atoms with Gasteiger partial charge in [0.25, 0.3) is 0 Å². The number of rotatable bonds is 4. The van der Waals surface area contributed by atoms with Crippen LogP contribution in [-0.4, -0.2) is 0 Å². The van der Waals surface area contributed by atoms with Crippen LogP contribution in [0.25, 0.3) is 120 Å². The quantitative estimate of drug-likeness (QED) is 0.132. The number of hydrogen-bond donors (Lipinski definition) is 0. The van der Waals surface area contributed by atoms with E-state index < -0.39 is 0 Å². The van der Waals surface area contributed by atoms with Crippen LogP contribution in [0.3, 0.4) is 0 Å². The third-order valence-corrected chi connectivity index (χ3v) is 12.8. The van der Waals surface area contributed by atoms with E-state index in [9.17, 15) is 10.5 Å². The highest BCUT2D eigenvalue weighted by Crippen LogP contribution is 2.51. The second-order valence-electron chi connectivity index (χ2n) is 16.2. The van der Waals surface area contributed by atoms with E-state index in [-0.39, 0.29) is 0 Å². The first-order valence-corrected chi connectivity index (χ1v) is 20.9. The lowest BCUT2D eigenvalue weighted by atomic mass is 9.80. The Kier molecular flexibility index (Phi) is 8.01. The maximum Gasteiger partial charge on any atom is 0.0991 e. The molecule has 0 aliphatic carbocycles. The predicted molar refractivity (Wildman–Crippen MR) is 260 cm³/mol. The molecule has 0 aromatic heterocycles. The van der Waals surface area contributed by atoms with Crippen LogP contribution >= 0.6 is 0 Å². The molecule has 0 fully saturated rings. The Morgan fingerprint density at radius 2 is 0.694 bits per heavy atom. The summed E-state index contributed by atoms with van der Waals surface area (Å²) in [4.78, 5) is 0. The first-order chi connectivity index (χ1) is 30.6. The minimum Gasteiger partial charge on any atom is -0.192 e. The number of nitriles is 2. The van der Waals surface area contributed by atoms with Crippen LogP contribution in [0.4, 0.5) is 0 Å². The van der Waals surface area contributed by atoms with E-state index in [1.165, 1.54) is 81.9 Å². The van der Waals surface area contributed by atoms with Crippen LogP contribution < -0.4 is 0 Å². The van der Waals surface area contributed by atoms with Gasteiger partial charge in [-0.3, -0.25) is 0 Å². The van der Waals surface area contributed by atoms with E-state index in [0.717, 1.165) is 38.1 Å². The van der Waals surface area contributed by atoms with Gasteiger partial charge >= 0.3 is 0 Å². The second kappa shape index (κ2) is 14.0. The lowest BCUT2D eigenvalue weighted by molar-refractivity contribution is 1.50. The summed E-state index contributed by atoms with van der Waals surface area (Å²) in [5.41, 5.74) is 10.7. The van der Waals surface area contributed by atoms with Gasteiger partial charge in [0.05, 0.1) is 23.3 Å². The first kappa shape index (κ1) is 35.4. The fourth-order valence-electron chi connectivity index (χ4n) is 10.0. The monoisotopic (exact) mass is 782 g/mol. The summed E-state index contributed by atoms with van der Waals surface area (Å²) >= 11 is 0. The predicted octanol–water partition coefficient (Wildman–Crippen LogP) is 16.2. The minimum atomic E-state index is 0.652. The highest BCUT2D eigenvalue weighted by molar-refractivity contribution is 6.30. The van der Waals surface area contributed by atoms with Crippen molar-refractivity contribution in [1.29, 1.82) is 10.5 Å². The number of fused-ring (bicyclic) bond motifs is 8. The van der Waals surface area contributed by atoms with E-state index in [1.807, 2.05) is 24.3 Å². The molecular formula is C60H34N2. The van der Waals surface area contributed by atoms with Gasteiger partial charge in [0.2, 0.25) is 0 Å². The number of hydrogen-bond acceptors (Lipinski definition) is 2. The van der Waals surface area contributed by atoms with Crippen molar-refractivity contribution < 1.29 is 0 Å². The molecule has 0 saturated carbocycles. The van der Waals surface area contributed by atoms with Gasteiger partial charge in [0.1, 0.15) is 0 Å². The van der Waals surface area contributed by atoms with Crippen LogP contribution in [0.5, 0.6) is 0 Å². The fraction of sp³-hybridized carbons (Fsp3) is 0. The van der Waals surface area contributed by atoms with E-state index in [4.69, 9.17) is 0 Å². The van der Waals surface area contributed by atoms with Gasteiger partial charge in [0, 0.05) is 0 Å². The zero-order valence-corrected chi connectivity index (χ0v) is 33.5. The topological polar surface area (TPSA) is 47.6 Å². The second-order valence-corrected chi connectivity index (χ2v) is 16.2. The van der Waals surface area contributed by atoms with E-state index in [0.29, 0.717) is 11.1 Å². The Morgan fingerprint density at radius 3 is 1.29 bits per heavy atom. The summed E-state index contributed by atoms with van der Waals surface area (Å²) in [6.45, 7) is 0. The SMILES string of the molecule is N#Cc1ccc2cc(-c3c4ccccc4c(-c4ccc5cc(C#N)ccc5c4)c4cc5c(cc34)c(-c3ccccc3)c(-c3cccc4ccccc34)c3ccccc35)ccc2c1. The molecule has 0 N–H and O–H groups in total. The van der Waals surface area contributed by atoms with Gasteiger partial charge in [-0.2, -0.15) is 10.5 Å². The third kappa shape index (κ3) is 5.49. The maximum atomic E-state index is 9.71. The first-order valence-electron chi connectivity index (χ1n) is 20.9. The van der Waals surface area contributed by atoms with Gasteiger partial charge in [-0.1, -0.05) is 158 Å². The summed E-state index contributed by atoms with van der Waals surface area (Å²) in [6, 6.07) is 78.8. The molecule has 0 saturated heterocycles. The van der Waals surface area contributed by atoms with Crippen LogP contribution in [-0.2, 0) is 0 Å². The molecule has 0 atom stereocenters. The Hall–Kier alpha value is -8.56. The molecule has 0 aliphatic rings. The van der Waals surface area contributed by atoms with Gasteiger partial charge < -0.3 is 0 Å². The molecular weight excluding hydrogens is 749 g/mol. The van der Waals surface area contributed by atoms with Crippen molar-refractivity contribution in [2.24, 2.45) is 0 Å². The van der Waals surface area contributed by atoms with Crippen molar-refractivity contribution in [3.05, 3.63) is 217 Å². The van der Waals surface area contributed by atoms with Crippen LogP contribution in [0.15, 0.2) is 206 Å². The lowest BCUT2D eigenvalue weighted by Crippen LogP contribution is -1.95. The molecule has 0 aliphatic heterocycles. The highest BCUT2D eigenvalue weighted by Gasteiger charge is 2.23. The molecule has 12 aromatic rings. The molecule has 0 amide bonds. The van der Waals surface area contributed by atoms with Gasteiger partial charge in [-0.15, -0.1) is 0 Å². The largest absolute Gasteiger partial charge is 0.192 e. The van der Waals surface area contributed by atoms with Crippen LogP contribution in [0.1, 0.15) is 11.1 Å². The smallest absolute Gasteiger partial charge is 0.0991 e. The molecule has 2 heteroatoms. The molecule has 0 heterocycles. The molecule has 62 heavy (non-hydrogen) atoms. The normalized spacial score (nSPS) is 11.5. The average molecular weight is 783 g/mol. The number of benzene rings is 12. The Morgan fingerprint density at radius 1 is 0.242 bits per heavy atom. The zero-order chi connectivity index (χ0) is 41.3. The zero-order valence-electron chi connectivity index (χ0n) is 33.5. The summed E-state index contributed by atoms with van der Waals surface area (Å²) in [7, 11) is 0. The van der Waals surface area contributed by atoms with Crippen molar-refractivity contribution in [3.63, 3.8) is 0 Å². The van der Waals surface area contributed by atoms with Crippen LogP contribution in [0.2, 0.25) is 0 Å². The number of nitrogens with zero attached hydrogens (tertiary/aromatic N) is 2. The van der Waals surface area contributed by atoms with Gasteiger partial charge in [0.15, 0.2) is 0 Å². The van der Waals surface area contributed by atoms with Gasteiger partial charge in [-0.05, 0) is 168 Å². The van der Waals surface area contributed by atoms with E-state index in [2.05, 4.69) is 194 Å². The average Bonchev–Trinajstić information content (AvgIpc) is 3.34. The lowest BCUT2D eigenvalue weighted by Gasteiger charge is -2.23. The Balaban J connectivity index is 1.29. The van der Waals surface area contributed by atoms with E-state index >= 15 is 0 Å². The standard InChI is InChI=1S/C60H34N2/c61-35-37-21-23-43-31-45(27-25-41(43)29-37)57-51-18-8-9-19-52(51)58(46-28-26-42-30-38(36-62)22-24-44(42)32-46)56-34-54-53(33-55(56)57)48-16-6-7-17-50(48)60(59(54)40-12-2-1-3-13-40)49-20-10-14-39-11-4-5-15-47(39)49/h1-34H. The van der Waals surface area contributed by atoms with E-state index in [1.54, 1.807) is 0 Å². The van der Waals surface area contributed by atoms with Gasteiger partial charge in [-0.25, -0.2) is 0 Å². The highest BCUT2D eigenvalue weighted by atomic mass is 14.3. The molecule has 0 spiro atoms. The maximum absolute atomic E-state index is 9.71. The van der Waals surface area contributed by atoms with Crippen molar-refractivity contribution in [2.75, 3.05) is 0 Å². The third-order valence-electron chi connectivity index (χ3n) is 12.8. The summed E-state index contributed by atoms with van der Waals surface area (Å²) < 4.78 is 0. The van der Waals surface area contributed by atoms with Crippen molar-refractivity contribution in [2.45, 2.75) is 0 Å². The van der Waals surface area contributed by atoms with Crippen molar-refractivity contribution in [3.8, 4) is 56.6 Å². The fourth-order valence-corrected chi connectivity index (χ4v) is 10.0. The molecule has 284 valence electrons. The molecule has 2 nitrogen and oxygen atoms in total. The minimum absolute atomic E-state index is 0.652. The molecule has 0 bridgehead atoms. The molecule has 0 radical (unpaired) electrons. The molecule has 0 unspecified atom stereocenters. The Labute approximate surface area is 358 Å². The molecule has 12 aromatic carbocycles. The van der Waals surface area contributed by atoms with Crippen molar-refractivity contribution >= 4 is 75.4 Å².